The van der Waals surface area contributed by atoms with Crippen LogP contribution in [0.1, 0.15) is 83.1 Å². The molecule has 0 bridgehead atoms. The normalized spacial score (nSPS) is 12.7. The van der Waals surface area contributed by atoms with Crippen molar-refractivity contribution in [2.45, 2.75) is 104 Å². The van der Waals surface area contributed by atoms with Gasteiger partial charge in [-0.1, -0.05) is 191 Å². The Kier molecular flexibility index (Phi) is 13.2. The van der Waals surface area contributed by atoms with Crippen LogP contribution < -0.4 is 5.30 Å². The Bertz CT molecular complexity index is 4190. The van der Waals surface area contributed by atoms with E-state index < -0.39 is 14.9 Å². The van der Waals surface area contributed by atoms with Gasteiger partial charge in [0.2, 0.25) is 0 Å². The van der Waals surface area contributed by atoms with E-state index in [0.717, 1.165) is 76.8 Å². The van der Waals surface area contributed by atoms with Gasteiger partial charge in [0.1, 0.15) is 18.4 Å². The second-order valence-corrected chi connectivity index (χ2v) is 31.8. The van der Waals surface area contributed by atoms with Gasteiger partial charge in [-0.05, 0) is 123 Å². The van der Waals surface area contributed by atoms with Crippen LogP contribution in [0.5, 0.6) is 0 Å². The minimum atomic E-state index is -2.68. The monoisotopic (exact) mass is 1040 g/mol. The van der Waals surface area contributed by atoms with Crippen molar-refractivity contribution in [1.29, 1.82) is 0 Å². The van der Waals surface area contributed by atoms with Crippen LogP contribution in [0.25, 0.3) is 99.0 Å². The number of halogens is 1. The number of benzene rings is 8. The van der Waals surface area contributed by atoms with Gasteiger partial charge >= 0.3 is 7.80 Å². The van der Waals surface area contributed by atoms with Gasteiger partial charge in [0.25, 0.3) is 0 Å². The van der Waals surface area contributed by atoms with E-state index >= 15 is 0 Å². The molecule has 0 atom stereocenters. The maximum atomic E-state index is 14.4. The molecule has 0 N–H and O–H groups in total. The van der Waals surface area contributed by atoms with Crippen LogP contribution >= 0.6 is 26.5 Å². The molecule has 9 heteroatoms. The number of pyridine rings is 2. The van der Waals surface area contributed by atoms with Crippen LogP contribution in [-0.2, 0) is 9.13 Å². The molecule has 0 amide bonds. The lowest BCUT2D eigenvalue weighted by molar-refractivity contribution is 0.527. The molecule has 6 nitrogen and oxygen atoms in total. The minimum absolute atomic E-state index is 0.0480. The molecule has 0 saturated heterocycles. The zero-order valence-corrected chi connectivity index (χ0v) is 47.7. The molecular formula is C66H66ClN4O2P2+. The predicted octanol–water partition coefficient (Wildman–Crippen LogP) is 19.6. The molecule has 12 aromatic rings. The smallest absolute Gasteiger partial charge is 0.318 e. The average Bonchev–Trinajstić information content (AvgIpc) is 3.99. The Hall–Kier alpha value is -6.68. The van der Waals surface area contributed by atoms with E-state index in [-0.39, 0.29) is 20.6 Å². The van der Waals surface area contributed by atoms with E-state index in [0.29, 0.717) is 0 Å². The van der Waals surface area contributed by atoms with Crippen LogP contribution in [0.4, 0.5) is 0 Å². The molecule has 12 rings (SSSR count). The fourth-order valence-corrected chi connectivity index (χ4v) is 17.5. The molecular weight excluding hydrogens is 978 g/mol. The van der Waals surface area contributed by atoms with Crippen molar-refractivity contribution in [3.63, 3.8) is 0 Å². The highest BCUT2D eigenvalue weighted by Crippen LogP contribution is 2.65. The summed E-state index contributed by atoms with van der Waals surface area (Å²) in [6.07, 6.45) is 0. The highest BCUT2D eigenvalue weighted by molar-refractivity contribution is 7.74. The number of imidazole rings is 2. The van der Waals surface area contributed by atoms with Gasteiger partial charge in [-0.2, -0.15) is 0 Å². The Morgan fingerprint density at radius 3 is 1.12 bits per heavy atom. The first kappa shape index (κ1) is 51.8. The van der Waals surface area contributed by atoms with Gasteiger partial charge in [-0.25, -0.2) is 9.97 Å². The number of aromatic nitrogens is 4. The number of fused-ring (bicyclic) bond motifs is 16. The van der Waals surface area contributed by atoms with E-state index in [2.05, 4.69) is 208 Å². The predicted molar refractivity (Wildman–Crippen MR) is 325 cm³/mol. The summed E-state index contributed by atoms with van der Waals surface area (Å²) in [5, 5.41) is 8.16. The van der Waals surface area contributed by atoms with Gasteiger partial charge in [0.05, 0.1) is 33.1 Å². The summed E-state index contributed by atoms with van der Waals surface area (Å²) in [5.41, 5.74) is 13.1. The second-order valence-electron chi connectivity index (χ2n) is 23.7. The number of hydrogen-bond donors (Lipinski definition) is 0. The molecule has 8 aromatic carbocycles. The standard InChI is InChI=1S/C33H33N2OP.C25H15ClN2.C8H18OP/c1-32(2,3)37(36,33(4,5)6)24-18-15-22(16-19-24)23-17-20-26-25-11-7-8-12-27(25)31-34-28-13-9-10-14-29(28)35(31)30(26)21-23;26-18-12-9-16(10-13-18)17-11-14-20-19-5-1-2-6-21(19)25-27-22-7-3-4-8-23(22)28(25)24(20)15-17;1-7(2,3)10(9)8(4,5)6/h7-21H,1-6H3;1-15H;1-6H3/q;;+1. The summed E-state index contributed by atoms with van der Waals surface area (Å²) in [4.78, 5) is 9.97. The van der Waals surface area contributed by atoms with Gasteiger partial charge in [-0.15, -0.1) is 0 Å². The molecule has 0 spiro atoms. The Morgan fingerprint density at radius 1 is 0.400 bits per heavy atom. The maximum Gasteiger partial charge on any atom is 0.349 e. The Labute approximate surface area is 447 Å². The third-order valence-corrected chi connectivity index (χ3v) is 21.9. The molecule has 0 fully saturated rings. The van der Waals surface area contributed by atoms with E-state index in [1.165, 1.54) is 32.5 Å². The average molecular weight is 1040 g/mol. The van der Waals surface area contributed by atoms with Crippen molar-refractivity contribution in [2.75, 3.05) is 0 Å². The number of para-hydroxylation sites is 4. The molecule has 0 unspecified atom stereocenters. The summed E-state index contributed by atoms with van der Waals surface area (Å²) in [6, 6.07) is 63.4. The zero-order chi connectivity index (χ0) is 53.4. The van der Waals surface area contributed by atoms with Crippen molar-refractivity contribution in [3.05, 3.63) is 187 Å². The van der Waals surface area contributed by atoms with Crippen molar-refractivity contribution < 1.29 is 9.13 Å². The lowest BCUT2D eigenvalue weighted by Crippen LogP contribution is -2.34. The van der Waals surface area contributed by atoms with Crippen LogP contribution in [-0.4, -0.2) is 39.4 Å². The lowest BCUT2D eigenvalue weighted by Gasteiger charge is -2.41. The molecule has 0 radical (unpaired) electrons. The van der Waals surface area contributed by atoms with E-state index in [4.69, 9.17) is 21.6 Å². The summed E-state index contributed by atoms with van der Waals surface area (Å²) < 4.78 is 30.6. The van der Waals surface area contributed by atoms with Crippen LogP contribution in [0, 0.1) is 0 Å². The van der Waals surface area contributed by atoms with Crippen LogP contribution in [0.3, 0.4) is 0 Å². The van der Waals surface area contributed by atoms with Crippen LogP contribution in [0.15, 0.2) is 182 Å². The summed E-state index contributed by atoms with van der Waals surface area (Å²) in [7, 11) is -3.79. The molecule has 0 aliphatic rings. The first-order chi connectivity index (χ1) is 35.5. The first-order valence-electron chi connectivity index (χ1n) is 25.8. The number of rotatable bonds is 3. The third kappa shape index (κ3) is 9.34. The highest BCUT2D eigenvalue weighted by Gasteiger charge is 2.47. The maximum absolute atomic E-state index is 14.4. The molecule has 4 heterocycles. The summed E-state index contributed by atoms with van der Waals surface area (Å²) >= 11 is 6.08. The van der Waals surface area contributed by atoms with Crippen molar-refractivity contribution in [3.8, 4) is 22.3 Å². The topological polar surface area (TPSA) is 68.7 Å². The SMILES string of the molecule is CC(C)(C)P(=O)(c1ccc(-c2ccc3c4ccccc4c4nc5ccccc5n4c3c2)cc1)C(C)(C)C.CC(C)(C)[P+](=O)C(C)(C)C.Clc1ccc(-c2ccc3c4ccccc4c4nc5ccccc5n4c3c2)cc1. The van der Waals surface area contributed by atoms with E-state index in [1.807, 2.05) is 65.8 Å². The Morgan fingerprint density at radius 2 is 0.747 bits per heavy atom. The molecule has 0 saturated carbocycles. The van der Waals surface area contributed by atoms with Crippen molar-refractivity contribution in [1.82, 2.24) is 18.8 Å². The fourth-order valence-electron chi connectivity index (χ4n) is 11.3. The van der Waals surface area contributed by atoms with Crippen molar-refractivity contribution >= 4 is 109 Å². The number of hydrogen-bond acceptors (Lipinski definition) is 4. The van der Waals surface area contributed by atoms with Gasteiger partial charge in [-0.3, -0.25) is 8.80 Å². The largest absolute Gasteiger partial charge is 0.349 e. The second kappa shape index (κ2) is 19.2. The first-order valence-corrected chi connectivity index (χ1v) is 29.2. The van der Waals surface area contributed by atoms with Gasteiger partial charge in [0.15, 0.2) is 10.3 Å². The fraction of sp³-hybridized carbons (Fsp3) is 0.242. The molecule has 378 valence electrons. The summed E-state index contributed by atoms with van der Waals surface area (Å²) in [6.45, 7) is 24.7. The third-order valence-electron chi connectivity index (χ3n) is 14.4. The van der Waals surface area contributed by atoms with Crippen molar-refractivity contribution in [2.24, 2.45) is 0 Å². The molecule has 75 heavy (non-hydrogen) atoms. The minimum Gasteiger partial charge on any atom is -0.318 e. The zero-order valence-electron chi connectivity index (χ0n) is 45.2. The molecule has 0 aliphatic heterocycles. The molecule has 4 aromatic heterocycles. The van der Waals surface area contributed by atoms with Gasteiger partial charge in [0, 0.05) is 42.2 Å². The quantitative estimate of drug-likeness (QED) is 0.131. The van der Waals surface area contributed by atoms with E-state index in [9.17, 15) is 9.13 Å². The summed E-state index contributed by atoms with van der Waals surface area (Å²) in [5.74, 6) is 0. The van der Waals surface area contributed by atoms with Gasteiger partial charge < -0.3 is 4.57 Å². The number of nitrogens with zero attached hydrogens (tertiary/aromatic N) is 4. The highest BCUT2D eigenvalue weighted by atomic mass is 35.5. The Balaban J connectivity index is 0.000000149. The van der Waals surface area contributed by atoms with Crippen LogP contribution in [0.2, 0.25) is 5.02 Å². The van der Waals surface area contributed by atoms with E-state index in [1.54, 1.807) is 0 Å². The lowest BCUT2D eigenvalue weighted by atomic mass is 10.0. The molecule has 0 aliphatic carbocycles.